The van der Waals surface area contributed by atoms with Gasteiger partial charge in [-0.3, -0.25) is 9.69 Å². The van der Waals surface area contributed by atoms with E-state index in [1.54, 1.807) is 13.2 Å². The van der Waals surface area contributed by atoms with E-state index in [9.17, 15) is 9.18 Å². The van der Waals surface area contributed by atoms with E-state index in [-0.39, 0.29) is 42.5 Å². The van der Waals surface area contributed by atoms with Crippen LogP contribution in [-0.2, 0) is 11.3 Å². The van der Waals surface area contributed by atoms with Crippen molar-refractivity contribution in [1.29, 1.82) is 0 Å². The molecule has 1 aliphatic heterocycles. The molecule has 1 aliphatic carbocycles. The normalized spacial score (nSPS) is 22.7. The number of amides is 1. The van der Waals surface area contributed by atoms with Gasteiger partial charge < -0.3 is 15.4 Å². The van der Waals surface area contributed by atoms with Gasteiger partial charge >= 0.3 is 0 Å². The number of carbonyl (C=O) groups excluding carboxylic acids is 1. The molecule has 0 radical (unpaired) electrons. The summed E-state index contributed by atoms with van der Waals surface area (Å²) in [6.07, 6.45) is 3.16. The summed E-state index contributed by atoms with van der Waals surface area (Å²) < 4.78 is 18.8. The SMILES string of the molecule is COc1ccc(F)cc1CN1CCN(C(=O)[C@@H]2CCC[C@@H]2CN)CC1.Cl.Cl. The maximum atomic E-state index is 13.5. The van der Waals surface area contributed by atoms with Gasteiger partial charge in [-0.1, -0.05) is 6.42 Å². The predicted molar refractivity (Wildman–Crippen MR) is 109 cm³/mol. The maximum Gasteiger partial charge on any atom is 0.226 e. The molecule has 0 spiro atoms. The molecule has 1 saturated carbocycles. The number of hydrogen-bond donors (Lipinski definition) is 1. The lowest BCUT2D eigenvalue weighted by molar-refractivity contribution is -0.138. The summed E-state index contributed by atoms with van der Waals surface area (Å²) in [7, 11) is 1.60. The second-order valence-electron chi connectivity index (χ2n) is 7.09. The predicted octanol–water partition coefficient (Wildman–Crippen LogP) is 2.70. The van der Waals surface area contributed by atoms with Crippen LogP contribution in [-0.4, -0.2) is 55.5 Å². The highest BCUT2D eigenvalue weighted by Crippen LogP contribution is 2.32. The lowest BCUT2D eigenvalue weighted by Gasteiger charge is -2.37. The van der Waals surface area contributed by atoms with Crippen molar-refractivity contribution in [2.24, 2.45) is 17.6 Å². The zero-order valence-corrected chi connectivity index (χ0v) is 17.4. The third kappa shape index (κ3) is 5.70. The first-order valence-corrected chi connectivity index (χ1v) is 9.16. The molecular weight excluding hydrogens is 392 g/mol. The monoisotopic (exact) mass is 421 g/mol. The summed E-state index contributed by atoms with van der Waals surface area (Å²) in [4.78, 5) is 17.0. The summed E-state index contributed by atoms with van der Waals surface area (Å²) in [5.74, 6) is 1.19. The number of piperazine rings is 1. The highest BCUT2D eigenvalue weighted by atomic mass is 35.5. The number of nitrogens with two attached hydrogens (primary N) is 1. The number of methoxy groups -OCH3 is 1. The van der Waals surface area contributed by atoms with Gasteiger partial charge in [0.05, 0.1) is 7.11 Å². The van der Waals surface area contributed by atoms with Gasteiger partial charge in [-0.25, -0.2) is 4.39 Å². The van der Waals surface area contributed by atoms with Crippen molar-refractivity contribution >= 4 is 30.7 Å². The van der Waals surface area contributed by atoms with E-state index in [1.807, 2.05) is 4.90 Å². The number of nitrogens with zero attached hydrogens (tertiary/aromatic N) is 2. The summed E-state index contributed by atoms with van der Waals surface area (Å²) in [6.45, 7) is 4.29. The van der Waals surface area contributed by atoms with E-state index < -0.39 is 0 Å². The standard InChI is InChI=1S/C19H28FN3O2.2ClH/c1-25-18-6-5-16(20)11-15(18)13-22-7-9-23(10-8-22)19(24)17-4-2-3-14(17)12-21;;/h5-6,11,14,17H,2-4,7-10,12-13,21H2,1H3;2*1H/t14-,17-;;/m1../s1. The van der Waals surface area contributed by atoms with Gasteiger partial charge in [0.2, 0.25) is 5.91 Å². The second kappa shape index (κ2) is 11.1. The van der Waals surface area contributed by atoms with E-state index in [2.05, 4.69) is 4.90 Å². The molecule has 154 valence electrons. The molecule has 1 heterocycles. The van der Waals surface area contributed by atoms with E-state index in [4.69, 9.17) is 10.5 Å². The van der Waals surface area contributed by atoms with Crippen LogP contribution in [0.4, 0.5) is 4.39 Å². The first kappa shape index (κ1) is 24.0. The largest absolute Gasteiger partial charge is 0.496 e. The Bertz CT molecular complexity index is 613. The lowest BCUT2D eigenvalue weighted by atomic mass is 9.94. The number of benzene rings is 1. The zero-order chi connectivity index (χ0) is 17.8. The van der Waals surface area contributed by atoms with Crippen molar-refractivity contribution in [2.45, 2.75) is 25.8 Å². The number of hydrogen-bond acceptors (Lipinski definition) is 4. The molecular formula is C19H30Cl2FN3O2. The first-order valence-electron chi connectivity index (χ1n) is 9.16. The topological polar surface area (TPSA) is 58.8 Å². The third-order valence-electron chi connectivity index (χ3n) is 5.60. The fraction of sp³-hybridized carbons (Fsp3) is 0.632. The van der Waals surface area contributed by atoms with Crippen molar-refractivity contribution < 1.29 is 13.9 Å². The molecule has 1 amide bonds. The van der Waals surface area contributed by atoms with Crippen LogP contribution in [0.5, 0.6) is 5.75 Å². The molecule has 1 aromatic rings. The fourth-order valence-corrected chi connectivity index (χ4v) is 4.12. The Kier molecular flexibility index (Phi) is 9.81. The van der Waals surface area contributed by atoms with Gasteiger partial charge in [-0.15, -0.1) is 24.8 Å². The van der Waals surface area contributed by atoms with E-state index >= 15 is 0 Å². The van der Waals surface area contributed by atoms with E-state index in [0.29, 0.717) is 24.8 Å². The van der Waals surface area contributed by atoms with Crippen molar-refractivity contribution in [3.63, 3.8) is 0 Å². The molecule has 5 nitrogen and oxygen atoms in total. The third-order valence-corrected chi connectivity index (χ3v) is 5.60. The molecule has 2 fully saturated rings. The quantitative estimate of drug-likeness (QED) is 0.793. The van der Waals surface area contributed by atoms with Crippen molar-refractivity contribution in [3.8, 4) is 5.75 Å². The average molecular weight is 422 g/mol. The van der Waals surface area contributed by atoms with Crippen LogP contribution in [0.25, 0.3) is 0 Å². The Balaban J connectivity index is 0.00000182. The average Bonchev–Trinajstić information content (AvgIpc) is 3.11. The summed E-state index contributed by atoms with van der Waals surface area (Å²) in [6, 6.07) is 4.60. The smallest absolute Gasteiger partial charge is 0.226 e. The molecule has 2 atom stereocenters. The van der Waals surface area contributed by atoms with Crippen LogP contribution >= 0.6 is 24.8 Å². The molecule has 1 aromatic carbocycles. The number of ether oxygens (including phenoxy) is 1. The minimum absolute atomic E-state index is 0. The van der Waals surface area contributed by atoms with Gasteiger partial charge in [0, 0.05) is 44.2 Å². The van der Waals surface area contributed by atoms with Crippen LogP contribution in [0.15, 0.2) is 18.2 Å². The molecule has 0 bridgehead atoms. The molecule has 2 N–H and O–H groups in total. The summed E-state index contributed by atoms with van der Waals surface area (Å²) >= 11 is 0. The van der Waals surface area contributed by atoms with Gasteiger partial charge in [-0.2, -0.15) is 0 Å². The number of halogens is 3. The number of carbonyl (C=O) groups is 1. The molecule has 3 rings (SSSR count). The van der Waals surface area contributed by atoms with Gasteiger partial charge in [0.1, 0.15) is 11.6 Å². The summed E-state index contributed by atoms with van der Waals surface area (Å²) in [5, 5.41) is 0. The van der Waals surface area contributed by atoms with Crippen LogP contribution in [0.3, 0.4) is 0 Å². The van der Waals surface area contributed by atoms with E-state index in [1.165, 1.54) is 12.1 Å². The van der Waals surface area contributed by atoms with Gasteiger partial charge in [0.15, 0.2) is 0 Å². The first-order chi connectivity index (χ1) is 12.1. The minimum atomic E-state index is -0.251. The van der Waals surface area contributed by atoms with Crippen LogP contribution in [0, 0.1) is 17.7 Å². The molecule has 1 saturated heterocycles. The van der Waals surface area contributed by atoms with E-state index in [0.717, 1.165) is 51.0 Å². The Morgan fingerprint density at radius 1 is 1.22 bits per heavy atom. The van der Waals surface area contributed by atoms with Crippen LogP contribution < -0.4 is 10.5 Å². The minimum Gasteiger partial charge on any atom is -0.496 e. The fourth-order valence-electron chi connectivity index (χ4n) is 4.12. The zero-order valence-electron chi connectivity index (χ0n) is 15.7. The van der Waals surface area contributed by atoms with Gasteiger partial charge in [-0.05, 0) is 43.5 Å². The Labute approximate surface area is 173 Å². The highest BCUT2D eigenvalue weighted by molar-refractivity contribution is 5.85. The Morgan fingerprint density at radius 2 is 1.93 bits per heavy atom. The van der Waals surface area contributed by atoms with Crippen molar-refractivity contribution in [2.75, 3.05) is 39.8 Å². The highest BCUT2D eigenvalue weighted by Gasteiger charge is 2.35. The number of rotatable bonds is 5. The van der Waals surface area contributed by atoms with Crippen molar-refractivity contribution in [1.82, 2.24) is 9.80 Å². The second-order valence-corrected chi connectivity index (χ2v) is 7.09. The molecule has 8 heteroatoms. The maximum absolute atomic E-state index is 13.5. The molecule has 0 unspecified atom stereocenters. The molecule has 2 aliphatic rings. The summed E-state index contributed by atoms with van der Waals surface area (Å²) in [5.41, 5.74) is 6.67. The van der Waals surface area contributed by atoms with Crippen LogP contribution in [0.2, 0.25) is 0 Å². The van der Waals surface area contributed by atoms with Gasteiger partial charge in [0.25, 0.3) is 0 Å². The van der Waals surface area contributed by atoms with Crippen molar-refractivity contribution in [3.05, 3.63) is 29.6 Å². The Hall–Kier alpha value is -1.08. The Morgan fingerprint density at radius 3 is 2.56 bits per heavy atom. The molecule has 27 heavy (non-hydrogen) atoms. The van der Waals surface area contributed by atoms with Crippen LogP contribution in [0.1, 0.15) is 24.8 Å². The molecule has 0 aromatic heterocycles. The lowest BCUT2D eigenvalue weighted by Crippen LogP contribution is -2.50.